The molecule has 0 aromatic heterocycles. The summed E-state index contributed by atoms with van der Waals surface area (Å²) in [4.78, 5) is 12.0. The predicted molar refractivity (Wildman–Crippen MR) is 96.2 cm³/mol. The smallest absolute Gasteiger partial charge is 0.276 e. The summed E-state index contributed by atoms with van der Waals surface area (Å²) < 4.78 is 6.17. The van der Waals surface area contributed by atoms with Gasteiger partial charge in [0.25, 0.3) is 5.91 Å². The average molecular weight is 388 g/mol. The molecule has 1 amide bonds. The molecule has 1 heterocycles. The number of amides is 1. The number of benzene rings is 2. The highest BCUT2D eigenvalue weighted by atomic mass is 79.9. The summed E-state index contributed by atoms with van der Waals surface area (Å²) in [6.07, 6.45) is 1.50. The first-order valence-corrected chi connectivity index (χ1v) is 8.06. The lowest BCUT2D eigenvalue weighted by atomic mass is 10.1. The lowest BCUT2D eigenvalue weighted by molar-refractivity contribution is -0.110. The van der Waals surface area contributed by atoms with Crippen molar-refractivity contribution in [3.8, 4) is 11.5 Å². The van der Waals surface area contributed by atoms with Crippen LogP contribution >= 0.6 is 15.9 Å². The highest BCUT2D eigenvalue weighted by Crippen LogP contribution is 2.27. The normalized spacial score (nSPS) is 14.9. The summed E-state index contributed by atoms with van der Waals surface area (Å²) in [6.45, 7) is 2.28. The zero-order chi connectivity index (χ0) is 17.1. The largest absolute Gasteiger partial charge is 0.504 e. The molecular formula is C17H14BrN3O3. The van der Waals surface area contributed by atoms with Crippen LogP contribution in [-0.2, 0) is 4.79 Å². The van der Waals surface area contributed by atoms with Gasteiger partial charge < -0.3 is 15.2 Å². The van der Waals surface area contributed by atoms with Crippen LogP contribution in [0.25, 0.3) is 0 Å². The van der Waals surface area contributed by atoms with Gasteiger partial charge in [0.2, 0.25) is 0 Å². The first-order chi connectivity index (χ1) is 11.6. The molecule has 2 N–H and O–H groups in total. The predicted octanol–water partition coefficient (Wildman–Crippen LogP) is 3.33. The monoisotopic (exact) mass is 387 g/mol. The van der Waals surface area contributed by atoms with Crippen LogP contribution in [0.1, 0.15) is 18.1 Å². The molecule has 24 heavy (non-hydrogen) atoms. The molecule has 0 aliphatic carbocycles. The van der Waals surface area contributed by atoms with Gasteiger partial charge in [0.15, 0.2) is 17.2 Å². The number of nitrogens with one attached hydrogen (secondary N) is 1. The third kappa shape index (κ3) is 3.30. The number of hydrogen-bond donors (Lipinski definition) is 2. The highest BCUT2D eigenvalue weighted by molar-refractivity contribution is 9.10. The van der Waals surface area contributed by atoms with Crippen LogP contribution in [0.2, 0.25) is 0 Å². The summed E-state index contributed by atoms with van der Waals surface area (Å²) >= 11 is 3.38. The van der Waals surface area contributed by atoms with Gasteiger partial charge in [-0.3, -0.25) is 4.79 Å². The Morgan fingerprint density at radius 2 is 2.12 bits per heavy atom. The van der Waals surface area contributed by atoms with Gasteiger partial charge in [0.1, 0.15) is 0 Å². The van der Waals surface area contributed by atoms with Crippen molar-refractivity contribution in [1.29, 1.82) is 0 Å². The maximum atomic E-state index is 12.0. The minimum atomic E-state index is -0.291. The SMILES string of the molecule is CCOc1cc(C=N/N=C2/C(=O)Nc3ccc(Br)cc32)ccc1O. The van der Waals surface area contributed by atoms with Crippen LogP contribution in [0.15, 0.2) is 51.1 Å². The van der Waals surface area contributed by atoms with Gasteiger partial charge in [-0.1, -0.05) is 15.9 Å². The molecule has 1 aliphatic heterocycles. The Morgan fingerprint density at radius 1 is 1.29 bits per heavy atom. The van der Waals surface area contributed by atoms with Gasteiger partial charge in [-0.15, -0.1) is 5.10 Å². The quantitative estimate of drug-likeness (QED) is 0.623. The Balaban J connectivity index is 1.86. The van der Waals surface area contributed by atoms with Gasteiger partial charge in [-0.2, -0.15) is 5.10 Å². The van der Waals surface area contributed by atoms with Crippen LogP contribution in [0.5, 0.6) is 11.5 Å². The maximum Gasteiger partial charge on any atom is 0.276 e. The zero-order valence-electron chi connectivity index (χ0n) is 12.8. The number of carbonyl (C=O) groups excluding carboxylic acids is 1. The number of phenols is 1. The summed E-state index contributed by atoms with van der Waals surface area (Å²) in [5.41, 5.74) is 2.37. The van der Waals surface area contributed by atoms with Gasteiger partial charge in [-0.25, -0.2) is 0 Å². The zero-order valence-corrected chi connectivity index (χ0v) is 14.4. The summed E-state index contributed by atoms with van der Waals surface area (Å²) in [6, 6.07) is 10.3. The van der Waals surface area contributed by atoms with Crippen LogP contribution < -0.4 is 10.1 Å². The third-order valence-corrected chi connectivity index (χ3v) is 3.84. The van der Waals surface area contributed by atoms with E-state index < -0.39 is 0 Å². The van der Waals surface area contributed by atoms with Crippen LogP contribution in [-0.4, -0.2) is 29.5 Å². The van der Waals surface area contributed by atoms with Crippen molar-refractivity contribution in [1.82, 2.24) is 0 Å². The lowest BCUT2D eigenvalue weighted by Crippen LogP contribution is -2.13. The Hall–Kier alpha value is -2.67. The van der Waals surface area contributed by atoms with Crippen molar-refractivity contribution < 1.29 is 14.6 Å². The van der Waals surface area contributed by atoms with Gasteiger partial charge in [0.05, 0.1) is 18.5 Å². The number of rotatable bonds is 4. The van der Waals surface area contributed by atoms with E-state index in [9.17, 15) is 9.90 Å². The van der Waals surface area contributed by atoms with Crippen LogP contribution in [0, 0.1) is 0 Å². The molecule has 122 valence electrons. The molecule has 6 nitrogen and oxygen atoms in total. The molecule has 3 rings (SSSR count). The van der Waals surface area contributed by atoms with E-state index in [1.165, 1.54) is 12.3 Å². The van der Waals surface area contributed by atoms with Crippen LogP contribution in [0.3, 0.4) is 0 Å². The number of aromatic hydroxyl groups is 1. The molecule has 1 aliphatic rings. The number of halogens is 1. The van der Waals surface area contributed by atoms with E-state index >= 15 is 0 Å². The molecular weight excluding hydrogens is 374 g/mol. The Labute approximate surface area is 147 Å². The van der Waals surface area contributed by atoms with Crippen LogP contribution in [0.4, 0.5) is 5.69 Å². The molecule has 0 bridgehead atoms. The molecule has 0 atom stereocenters. The first kappa shape index (κ1) is 16.2. The minimum absolute atomic E-state index is 0.0641. The second-order valence-electron chi connectivity index (χ2n) is 5.00. The topological polar surface area (TPSA) is 83.3 Å². The van der Waals surface area contributed by atoms with E-state index in [-0.39, 0.29) is 17.4 Å². The fraction of sp³-hybridized carbons (Fsp3) is 0.118. The molecule has 0 fully saturated rings. The van der Waals surface area contributed by atoms with E-state index in [2.05, 4.69) is 31.4 Å². The third-order valence-electron chi connectivity index (χ3n) is 3.35. The molecule has 2 aromatic rings. The van der Waals surface area contributed by atoms with Crippen molar-refractivity contribution in [3.05, 3.63) is 52.0 Å². The highest BCUT2D eigenvalue weighted by Gasteiger charge is 2.26. The molecule has 2 aromatic carbocycles. The van der Waals surface area contributed by atoms with E-state index in [0.29, 0.717) is 29.2 Å². The molecule has 0 spiro atoms. The molecule has 0 saturated heterocycles. The number of phenolic OH excluding ortho intramolecular Hbond substituents is 1. The van der Waals surface area contributed by atoms with Gasteiger partial charge in [0, 0.05) is 10.0 Å². The van der Waals surface area contributed by atoms with Gasteiger partial charge in [-0.05, 0) is 48.9 Å². The molecule has 0 unspecified atom stereocenters. The summed E-state index contributed by atoms with van der Waals surface area (Å²) in [5, 5.41) is 20.4. The van der Waals surface area contributed by atoms with Crippen molar-refractivity contribution in [2.75, 3.05) is 11.9 Å². The molecule has 0 saturated carbocycles. The first-order valence-electron chi connectivity index (χ1n) is 7.26. The fourth-order valence-electron chi connectivity index (χ4n) is 2.26. The van der Waals surface area contributed by atoms with E-state index in [1.54, 1.807) is 18.2 Å². The fourth-order valence-corrected chi connectivity index (χ4v) is 2.62. The van der Waals surface area contributed by atoms with Crippen molar-refractivity contribution >= 4 is 39.5 Å². The van der Waals surface area contributed by atoms with Crippen molar-refractivity contribution in [3.63, 3.8) is 0 Å². The lowest BCUT2D eigenvalue weighted by Gasteiger charge is -2.05. The standard InChI is InChI=1S/C17H14BrN3O3/c1-2-24-15-7-10(3-6-14(15)22)9-19-21-16-12-8-11(18)4-5-13(12)20-17(16)23/h3-9,22H,2H2,1H3,(H,20,21,23). The number of ether oxygens (including phenoxy) is 1. The second-order valence-corrected chi connectivity index (χ2v) is 5.91. The van der Waals surface area contributed by atoms with Crippen molar-refractivity contribution in [2.24, 2.45) is 10.2 Å². The number of fused-ring (bicyclic) bond motifs is 1. The van der Waals surface area contributed by atoms with Crippen molar-refractivity contribution in [2.45, 2.75) is 6.92 Å². The number of carbonyl (C=O) groups is 1. The van der Waals surface area contributed by atoms with E-state index in [4.69, 9.17) is 4.74 Å². The van der Waals surface area contributed by atoms with Gasteiger partial charge >= 0.3 is 0 Å². The summed E-state index contributed by atoms with van der Waals surface area (Å²) in [5.74, 6) is 0.150. The van der Waals surface area contributed by atoms with E-state index in [1.807, 2.05) is 19.1 Å². The average Bonchev–Trinajstić information content (AvgIpc) is 2.86. The number of hydrogen-bond acceptors (Lipinski definition) is 5. The summed E-state index contributed by atoms with van der Waals surface area (Å²) in [7, 11) is 0. The molecule has 0 radical (unpaired) electrons. The minimum Gasteiger partial charge on any atom is -0.504 e. The Morgan fingerprint density at radius 3 is 2.92 bits per heavy atom. The number of nitrogens with zero attached hydrogens (tertiary/aromatic N) is 2. The molecule has 7 heteroatoms. The van der Waals surface area contributed by atoms with E-state index in [0.717, 1.165) is 4.47 Å². The maximum absolute atomic E-state index is 12.0. The Bertz CT molecular complexity index is 862. The Kier molecular flexibility index (Phi) is 4.61. The number of anilines is 1. The second kappa shape index (κ2) is 6.84.